The van der Waals surface area contributed by atoms with Gasteiger partial charge in [-0.1, -0.05) is 6.07 Å². The average molecular weight is 321 g/mol. The van der Waals surface area contributed by atoms with Gasteiger partial charge >= 0.3 is 0 Å². The van der Waals surface area contributed by atoms with Gasteiger partial charge in [-0.3, -0.25) is 4.79 Å². The molecule has 0 aliphatic carbocycles. The van der Waals surface area contributed by atoms with E-state index in [2.05, 4.69) is 5.10 Å². The molecule has 2 aromatic carbocycles. The molecule has 4 nitrogen and oxygen atoms in total. The number of carbonyl (C=O) groups excluding carboxylic acids is 1. The molecule has 1 aromatic heterocycles. The van der Waals surface area contributed by atoms with Crippen LogP contribution in [0.25, 0.3) is 5.69 Å². The Morgan fingerprint density at radius 3 is 2.88 bits per heavy atom. The Hall–Kier alpha value is -2.95. The molecule has 0 N–H and O–H groups in total. The average Bonchev–Trinajstić information content (AvgIpc) is 3.15. The van der Waals surface area contributed by atoms with Gasteiger partial charge < -0.3 is 4.90 Å². The zero-order chi connectivity index (χ0) is 16.5. The molecule has 0 bridgehead atoms. The van der Waals surface area contributed by atoms with Crippen LogP contribution in [-0.2, 0) is 6.42 Å². The van der Waals surface area contributed by atoms with Gasteiger partial charge in [-0.15, -0.1) is 0 Å². The fraction of sp³-hybridized carbons (Fsp3) is 0.158. The molecule has 120 valence electrons. The molecule has 24 heavy (non-hydrogen) atoms. The predicted molar refractivity (Wildman–Crippen MR) is 90.0 cm³/mol. The number of hydrogen-bond acceptors (Lipinski definition) is 2. The van der Waals surface area contributed by atoms with Crippen LogP contribution in [0.5, 0.6) is 0 Å². The molecule has 5 heteroatoms. The van der Waals surface area contributed by atoms with Crippen molar-refractivity contribution >= 4 is 11.6 Å². The number of halogens is 1. The molecular weight excluding hydrogens is 305 g/mol. The minimum atomic E-state index is -0.260. The van der Waals surface area contributed by atoms with Crippen LogP contribution < -0.4 is 4.90 Å². The molecule has 0 atom stereocenters. The van der Waals surface area contributed by atoms with E-state index < -0.39 is 0 Å². The number of benzene rings is 2. The maximum atomic E-state index is 13.4. The summed E-state index contributed by atoms with van der Waals surface area (Å²) in [7, 11) is 0. The number of rotatable bonds is 2. The highest BCUT2D eigenvalue weighted by atomic mass is 19.1. The number of nitrogens with zero attached hydrogens (tertiary/aromatic N) is 3. The quantitative estimate of drug-likeness (QED) is 0.723. The second-order valence-corrected chi connectivity index (χ2v) is 5.83. The number of aromatic nitrogens is 2. The molecule has 0 fully saturated rings. The van der Waals surface area contributed by atoms with E-state index in [1.54, 1.807) is 27.9 Å². The second kappa shape index (κ2) is 5.92. The second-order valence-electron chi connectivity index (χ2n) is 5.83. The van der Waals surface area contributed by atoms with Gasteiger partial charge in [0.15, 0.2) is 0 Å². The Labute approximate surface area is 139 Å². The lowest BCUT2D eigenvalue weighted by molar-refractivity contribution is 0.0985. The van der Waals surface area contributed by atoms with Crippen molar-refractivity contribution in [1.82, 2.24) is 9.78 Å². The smallest absolute Gasteiger partial charge is 0.258 e. The summed E-state index contributed by atoms with van der Waals surface area (Å²) in [5, 5.41) is 4.20. The summed E-state index contributed by atoms with van der Waals surface area (Å²) in [5.74, 6) is -0.333. The Bertz CT molecular complexity index is 889. The lowest BCUT2D eigenvalue weighted by Gasteiger charge is -2.29. The molecule has 1 aliphatic rings. The topological polar surface area (TPSA) is 38.1 Å². The Morgan fingerprint density at radius 2 is 2.04 bits per heavy atom. The van der Waals surface area contributed by atoms with Gasteiger partial charge in [0.2, 0.25) is 0 Å². The summed E-state index contributed by atoms with van der Waals surface area (Å²) >= 11 is 0. The molecular formula is C19H16FN3O. The van der Waals surface area contributed by atoms with E-state index in [4.69, 9.17) is 0 Å². The van der Waals surface area contributed by atoms with Crippen molar-refractivity contribution in [3.63, 3.8) is 0 Å². The van der Waals surface area contributed by atoms with Gasteiger partial charge in [-0.05, 0) is 60.9 Å². The first-order chi connectivity index (χ1) is 11.7. The standard InChI is InChI=1S/C19H16FN3O/c20-16-7-8-18-14(12-16)5-2-10-22(18)19(24)15-4-1-6-17(13-15)23-11-3-9-21-23/h1,3-4,6-9,11-13H,2,5,10H2. The van der Waals surface area contributed by atoms with Crippen LogP contribution in [-0.4, -0.2) is 22.2 Å². The first-order valence-electron chi connectivity index (χ1n) is 7.93. The molecule has 2 heterocycles. The Balaban J connectivity index is 1.69. The van der Waals surface area contributed by atoms with Gasteiger partial charge in [-0.25, -0.2) is 9.07 Å². The van der Waals surface area contributed by atoms with E-state index in [-0.39, 0.29) is 11.7 Å². The number of aryl methyl sites for hydroxylation is 1. The lowest BCUT2D eigenvalue weighted by atomic mass is 10.0. The zero-order valence-electron chi connectivity index (χ0n) is 13.0. The number of amides is 1. The number of carbonyl (C=O) groups is 1. The molecule has 0 saturated carbocycles. The summed E-state index contributed by atoms with van der Waals surface area (Å²) in [4.78, 5) is 14.7. The third-order valence-corrected chi connectivity index (χ3v) is 4.27. The van der Waals surface area contributed by atoms with Gasteiger partial charge in [0, 0.05) is 30.2 Å². The van der Waals surface area contributed by atoms with E-state index in [0.717, 1.165) is 29.8 Å². The van der Waals surface area contributed by atoms with Crippen molar-refractivity contribution in [2.75, 3.05) is 11.4 Å². The van der Waals surface area contributed by atoms with Crippen molar-refractivity contribution in [2.45, 2.75) is 12.8 Å². The number of anilines is 1. The summed E-state index contributed by atoms with van der Waals surface area (Å²) < 4.78 is 15.2. The predicted octanol–water partition coefficient (Wildman–Crippen LogP) is 3.60. The van der Waals surface area contributed by atoms with Gasteiger partial charge in [0.25, 0.3) is 5.91 Å². The van der Waals surface area contributed by atoms with E-state index in [1.807, 2.05) is 30.5 Å². The highest BCUT2D eigenvalue weighted by Crippen LogP contribution is 2.29. The lowest BCUT2D eigenvalue weighted by Crippen LogP contribution is -2.35. The maximum Gasteiger partial charge on any atom is 0.258 e. The Morgan fingerprint density at radius 1 is 1.12 bits per heavy atom. The minimum Gasteiger partial charge on any atom is -0.308 e. The molecule has 0 spiro atoms. The molecule has 0 radical (unpaired) electrons. The van der Waals surface area contributed by atoms with E-state index in [1.165, 1.54) is 12.1 Å². The van der Waals surface area contributed by atoms with Crippen LogP contribution in [0.3, 0.4) is 0 Å². The molecule has 1 amide bonds. The summed E-state index contributed by atoms with van der Waals surface area (Å²) in [6.45, 7) is 0.642. The van der Waals surface area contributed by atoms with Crippen LogP contribution in [0.1, 0.15) is 22.3 Å². The third kappa shape index (κ3) is 2.58. The van der Waals surface area contributed by atoms with Crippen LogP contribution in [0.2, 0.25) is 0 Å². The highest BCUT2D eigenvalue weighted by molar-refractivity contribution is 6.07. The SMILES string of the molecule is O=C(c1cccc(-n2cccn2)c1)N1CCCc2cc(F)ccc21. The van der Waals surface area contributed by atoms with Crippen LogP contribution in [0.15, 0.2) is 60.9 Å². The van der Waals surface area contributed by atoms with Crippen molar-refractivity contribution in [2.24, 2.45) is 0 Å². The summed E-state index contributed by atoms with van der Waals surface area (Å²) in [5.41, 5.74) is 3.12. The molecule has 0 unspecified atom stereocenters. The minimum absolute atomic E-state index is 0.0726. The van der Waals surface area contributed by atoms with Gasteiger partial charge in [0.1, 0.15) is 5.82 Å². The highest BCUT2D eigenvalue weighted by Gasteiger charge is 2.24. The molecule has 3 aromatic rings. The van der Waals surface area contributed by atoms with Crippen LogP contribution in [0.4, 0.5) is 10.1 Å². The fourth-order valence-corrected chi connectivity index (χ4v) is 3.14. The first-order valence-corrected chi connectivity index (χ1v) is 7.93. The van der Waals surface area contributed by atoms with E-state index in [0.29, 0.717) is 12.1 Å². The molecule has 1 aliphatic heterocycles. The van der Waals surface area contributed by atoms with Crippen LogP contribution in [0, 0.1) is 5.82 Å². The normalized spacial score (nSPS) is 13.6. The van der Waals surface area contributed by atoms with E-state index in [9.17, 15) is 9.18 Å². The zero-order valence-corrected chi connectivity index (χ0v) is 13.0. The molecule has 0 saturated heterocycles. The largest absolute Gasteiger partial charge is 0.308 e. The van der Waals surface area contributed by atoms with Crippen molar-refractivity contribution < 1.29 is 9.18 Å². The third-order valence-electron chi connectivity index (χ3n) is 4.27. The van der Waals surface area contributed by atoms with Crippen molar-refractivity contribution in [1.29, 1.82) is 0 Å². The van der Waals surface area contributed by atoms with Crippen molar-refractivity contribution in [3.8, 4) is 5.69 Å². The van der Waals surface area contributed by atoms with E-state index >= 15 is 0 Å². The van der Waals surface area contributed by atoms with Gasteiger partial charge in [-0.2, -0.15) is 5.10 Å². The summed E-state index contributed by atoms with van der Waals surface area (Å²) in [6.07, 6.45) is 5.16. The Kier molecular flexibility index (Phi) is 3.61. The first kappa shape index (κ1) is 14.6. The van der Waals surface area contributed by atoms with Crippen molar-refractivity contribution in [3.05, 3.63) is 77.9 Å². The maximum absolute atomic E-state index is 13.4. The fourth-order valence-electron chi connectivity index (χ4n) is 3.14. The summed E-state index contributed by atoms with van der Waals surface area (Å²) in [6, 6.07) is 13.8. The van der Waals surface area contributed by atoms with Gasteiger partial charge in [0.05, 0.1) is 5.69 Å². The van der Waals surface area contributed by atoms with Crippen LogP contribution >= 0.6 is 0 Å². The number of hydrogen-bond donors (Lipinski definition) is 0. The number of fused-ring (bicyclic) bond motifs is 1. The molecule has 4 rings (SSSR count). The monoisotopic (exact) mass is 321 g/mol.